The normalized spacial score (nSPS) is 15.5. The highest BCUT2D eigenvalue weighted by atomic mass is 32.2. The summed E-state index contributed by atoms with van der Waals surface area (Å²) >= 11 is 0. The standard InChI is InChI=1S/C30H35N3O7S/c1-38-23-11-13-24(14-12-23)41(36,37)33-18-6-7-22(20-33)29(34)32-26-9-5-4-8-25(26)30(35)31-17-16-21-10-15-27(39-2)28(19-21)40-3/h4-5,8-15,19,22H,6-7,16-18,20H2,1-3H3,(H,31,35)(H,32,34)/t22-/m1/s1. The molecule has 2 N–H and O–H groups in total. The molecular weight excluding hydrogens is 546 g/mol. The third-order valence-corrected chi connectivity index (χ3v) is 8.91. The summed E-state index contributed by atoms with van der Waals surface area (Å²) in [4.78, 5) is 26.4. The van der Waals surface area contributed by atoms with Crippen molar-refractivity contribution in [2.24, 2.45) is 5.92 Å². The zero-order valence-electron chi connectivity index (χ0n) is 23.4. The second-order valence-corrected chi connectivity index (χ2v) is 11.5. The molecule has 0 unspecified atom stereocenters. The SMILES string of the molecule is COc1ccc(S(=O)(=O)N2CCC[C@@H](C(=O)Nc3ccccc3C(=O)NCCc3ccc(OC)c(OC)c3)C2)cc1. The maximum Gasteiger partial charge on any atom is 0.253 e. The van der Waals surface area contributed by atoms with E-state index in [4.69, 9.17) is 14.2 Å². The number of benzene rings is 3. The zero-order valence-corrected chi connectivity index (χ0v) is 24.2. The van der Waals surface area contributed by atoms with Crippen molar-refractivity contribution in [3.05, 3.63) is 77.9 Å². The monoisotopic (exact) mass is 581 g/mol. The lowest BCUT2D eigenvalue weighted by Crippen LogP contribution is -2.43. The topological polar surface area (TPSA) is 123 Å². The molecule has 1 heterocycles. The number of carbonyl (C=O) groups excluding carboxylic acids is 2. The summed E-state index contributed by atoms with van der Waals surface area (Å²) in [6.07, 6.45) is 1.66. The molecule has 3 aromatic rings. The molecule has 0 saturated carbocycles. The fraction of sp³-hybridized carbons (Fsp3) is 0.333. The van der Waals surface area contributed by atoms with Crippen LogP contribution in [0.15, 0.2) is 71.6 Å². The fourth-order valence-electron chi connectivity index (χ4n) is 4.75. The molecule has 10 nitrogen and oxygen atoms in total. The lowest BCUT2D eigenvalue weighted by molar-refractivity contribution is -0.120. The van der Waals surface area contributed by atoms with Crippen LogP contribution in [0, 0.1) is 5.92 Å². The van der Waals surface area contributed by atoms with Crippen molar-refractivity contribution in [3.8, 4) is 17.2 Å². The molecule has 0 radical (unpaired) electrons. The number of anilines is 1. The van der Waals surface area contributed by atoms with E-state index in [0.29, 0.717) is 60.9 Å². The third-order valence-electron chi connectivity index (χ3n) is 7.03. The van der Waals surface area contributed by atoms with Crippen LogP contribution in [-0.2, 0) is 21.2 Å². The number of sulfonamides is 1. The fourth-order valence-corrected chi connectivity index (χ4v) is 6.27. The Balaban J connectivity index is 1.38. The number of hydrogen-bond donors (Lipinski definition) is 2. The van der Waals surface area contributed by atoms with Gasteiger partial charge in [0.25, 0.3) is 5.91 Å². The summed E-state index contributed by atoms with van der Waals surface area (Å²) in [6, 6.07) is 18.5. The molecule has 0 spiro atoms. The molecule has 11 heteroatoms. The molecule has 41 heavy (non-hydrogen) atoms. The van der Waals surface area contributed by atoms with Crippen molar-refractivity contribution in [2.45, 2.75) is 24.2 Å². The first-order chi connectivity index (χ1) is 19.8. The molecule has 4 rings (SSSR count). The lowest BCUT2D eigenvalue weighted by atomic mass is 9.98. The number of ether oxygens (including phenoxy) is 3. The number of nitrogens with one attached hydrogen (secondary N) is 2. The summed E-state index contributed by atoms with van der Waals surface area (Å²) < 4.78 is 43.5. The number of nitrogens with zero attached hydrogens (tertiary/aromatic N) is 1. The predicted molar refractivity (Wildman–Crippen MR) is 155 cm³/mol. The van der Waals surface area contributed by atoms with Crippen LogP contribution in [0.4, 0.5) is 5.69 Å². The summed E-state index contributed by atoms with van der Waals surface area (Å²) in [6.45, 7) is 0.758. The van der Waals surface area contributed by atoms with Gasteiger partial charge in [0.15, 0.2) is 11.5 Å². The Morgan fingerprint density at radius 3 is 2.37 bits per heavy atom. The van der Waals surface area contributed by atoms with Gasteiger partial charge < -0.3 is 24.8 Å². The number of carbonyl (C=O) groups is 2. The second-order valence-electron chi connectivity index (χ2n) is 9.61. The van der Waals surface area contributed by atoms with Gasteiger partial charge in [0.05, 0.1) is 43.4 Å². The maximum absolute atomic E-state index is 13.2. The van der Waals surface area contributed by atoms with E-state index < -0.39 is 15.9 Å². The molecule has 218 valence electrons. The average molecular weight is 582 g/mol. The first-order valence-corrected chi connectivity index (χ1v) is 14.7. The van der Waals surface area contributed by atoms with E-state index in [1.54, 1.807) is 50.6 Å². The summed E-state index contributed by atoms with van der Waals surface area (Å²) in [5.41, 5.74) is 1.67. The summed E-state index contributed by atoms with van der Waals surface area (Å²) in [5, 5.41) is 5.76. The second kappa shape index (κ2) is 13.5. The first kappa shape index (κ1) is 29.9. The van der Waals surface area contributed by atoms with Gasteiger partial charge in [-0.1, -0.05) is 18.2 Å². The molecule has 1 aliphatic heterocycles. The maximum atomic E-state index is 13.2. The van der Waals surface area contributed by atoms with E-state index in [9.17, 15) is 18.0 Å². The third kappa shape index (κ3) is 7.17. The van der Waals surface area contributed by atoms with Crippen LogP contribution >= 0.6 is 0 Å². The first-order valence-electron chi connectivity index (χ1n) is 13.3. The smallest absolute Gasteiger partial charge is 0.253 e. The number of piperidine rings is 1. The zero-order chi connectivity index (χ0) is 29.4. The van der Waals surface area contributed by atoms with E-state index in [1.165, 1.54) is 23.5 Å². The highest BCUT2D eigenvalue weighted by Crippen LogP contribution is 2.28. The molecule has 0 aromatic heterocycles. The largest absolute Gasteiger partial charge is 0.497 e. The molecule has 1 saturated heterocycles. The number of para-hydroxylation sites is 1. The van der Waals surface area contributed by atoms with Gasteiger partial charge >= 0.3 is 0 Å². The Bertz CT molecular complexity index is 1480. The highest BCUT2D eigenvalue weighted by Gasteiger charge is 2.33. The van der Waals surface area contributed by atoms with Gasteiger partial charge in [-0.2, -0.15) is 4.31 Å². The van der Waals surface area contributed by atoms with E-state index in [1.807, 2.05) is 18.2 Å². The van der Waals surface area contributed by atoms with E-state index >= 15 is 0 Å². The summed E-state index contributed by atoms with van der Waals surface area (Å²) in [5.74, 6) is 0.590. The Kier molecular flexibility index (Phi) is 9.85. The number of methoxy groups -OCH3 is 3. The van der Waals surface area contributed by atoms with Gasteiger partial charge in [0.2, 0.25) is 15.9 Å². The van der Waals surface area contributed by atoms with Crippen molar-refractivity contribution in [1.29, 1.82) is 0 Å². The van der Waals surface area contributed by atoms with E-state index in [0.717, 1.165) is 5.56 Å². The molecule has 0 bridgehead atoms. The molecule has 1 fully saturated rings. The van der Waals surface area contributed by atoms with Gasteiger partial charge in [-0.25, -0.2) is 8.42 Å². The predicted octanol–water partition coefficient (Wildman–Crippen LogP) is 3.72. The van der Waals surface area contributed by atoms with Gasteiger partial charge in [-0.05, 0) is 73.4 Å². The van der Waals surface area contributed by atoms with E-state index in [2.05, 4.69) is 10.6 Å². The van der Waals surface area contributed by atoms with Crippen LogP contribution in [0.3, 0.4) is 0 Å². The van der Waals surface area contributed by atoms with Crippen molar-refractivity contribution >= 4 is 27.5 Å². The number of rotatable bonds is 11. The van der Waals surface area contributed by atoms with Crippen LogP contribution in [0.25, 0.3) is 0 Å². The van der Waals surface area contributed by atoms with Crippen LogP contribution in [0.5, 0.6) is 17.2 Å². The summed E-state index contributed by atoms with van der Waals surface area (Å²) in [7, 11) is 0.883. The van der Waals surface area contributed by atoms with Crippen LogP contribution in [-0.4, -0.2) is 65.5 Å². The van der Waals surface area contributed by atoms with Crippen molar-refractivity contribution in [3.63, 3.8) is 0 Å². The quantitative estimate of drug-likeness (QED) is 0.354. The van der Waals surface area contributed by atoms with Crippen molar-refractivity contribution in [1.82, 2.24) is 9.62 Å². The van der Waals surface area contributed by atoms with Gasteiger partial charge in [-0.15, -0.1) is 0 Å². The van der Waals surface area contributed by atoms with Crippen LogP contribution in [0.2, 0.25) is 0 Å². The Morgan fingerprint density at radius 1 is 0.927 bits per heavy atom. The molecular formula is C30H35N3O7S. The lowest BCUT2D eigenvalue weighted by Gasteiger charge is -2.31. The van der Waals surface area contributed by atoms with E-state index in [-0.39, 0.29) is 23.3 Å². The van der Waals surface area contributed by atoms with Crippen molar-refractivity contribution in [2.75, 3.05) is 46.3 Å². The molecule has 0 aliphatic carbocycles. The minimum absolute atomic E-state index is 0.0554. The molecule has 1 aliphatic rings. The Morgan fingerprint density at radius 2 is 1.66 bits per heavy atom. The Hall–Kier alpha value is -4.09. The van der Waals surface area contributed by atoms with Crippen molar-refractivity contribution < 1.29 is 32.2 Å². The number of hydrogen-bond acceptors (Lipinski definition) is 7. The molecule has 2 amide bonds. The average Bonchev–Trinajstić information content (AvgIpc) is 3.01. The van der Waals surface area contributed by atoms with Crippen LogP contribution < -0.4 is 24.8 Å². The van der Waals surface area contributed by atoms with Crippen LogP contribution in [0.1, 0.15) is 28.8 Å². The Labute approximate surface area is 240 Å². The number of amides is 2. The molecule has 1 atom stereocenters. The highest BCUT2D eigenvalue weighted by molar-refractivity contribution is 7.89. The van der Waals surface area contributed by atoms with Gasteiger partial charge in [0, 0.05) is 19.6 Å². The van der Waals surface area contributed by atoms with Gasteiger partial charge in [-0.3, -0.25) is 9.59 Å². The van der Waals surface area contributed by atoms with Gasteiger partial charge in [0.1, 0.15) is 5.75 Å². The molecule has 3 aromatic carbocycles. The minimum atomic E-state index is -3.77. The minimum Gasteiger partial charge on any atom is -0.497 e.